The SMILES string of the molecule is CCCC(C)C=NNC(=O)c1cc(O)ccc1O. The maximum atomic E-state index is 11.7. The van der Waals surface area contributed by atoms with Gasteiger partial charge in [0.05, 0.1) is 5.56 Å². The molecule has 1 unspecified atom stereocenters. The number of hydrazone groups is 1. The Balaban J connectivity index is 2.63. The molecule has 0 fully saturated rings. The highest BCUT2D eigenvalue weighted by molar-refractivity contribution is 5.97. The van der Waals surface area contributed by atoms with Crippen LogP contribution in [-0.2, 0) is 0 Å². The fourth-order valence-electron chi connectivity index (χ4n) is 1.52. The van der Waals surface area contributed by atoms with Crippen molar-refractivity contribution in [2.24, 2.45) is 11.0 Å². The summed E-state index contributed by atoms with van der Waals surface area (Å²) in [6, 6.07) is 3.75. The van der Waals surface area contributed by atoms with Gasteiger partial charge in [0.25, 0.3) is 5.91 Å². The number of hydrogen-bond acceptors (Lipinski definition) is 4. The molecule has 0 aliphatic carbocycles. The van der Waals surface area contributed by atoms with Crippen LogP contribution in [-0.4, -0.2) is 22.3 Å². The monoisotopic (exact) mass is 250 g/mol. The molecule has 1 atom stereocenters. The minimum atomic E-state index is -0.552. The zero-order valence-corrected chi connectivity index (χ0v) is 10.6. The number of rotatable bonds is 5. The Hall–Kier alpha value is -2.04. The molecule has 98 valence electrons. The quantitative estimate of drug-likeness (QED) is 0.426. The molecule has 0 saturated heterocycles. The van der Waals surface area contributed by atoms with Crippen molar-refractivity contribution in [2.75, 3.05) is 0 Å². The third kappa shape index (κ3) is 4.08. The molecule has 1 rings (SSSR count). The number of hydrogen-bond donors (Lipinski definition) is 3. The van der Waals surface area contributed by atoms with E-state index in [0.29, 0.717) is 0 Å². The lowest BCUT2D eigenvalue weighted by Crippen LogP contribution is -2.18. The maximum Gasteiger partial charge on any atom is 0.275 e. The Labute approximate surface area is 106 Å². The molecule has 0 saturated carbocycles. The van der Waals surface area contributed by atoms with Gasteiger partial charge < -0.3 is 10.2 Å². The van der Waals surface area contributed by atoms with E-state index in [0.717, 1.165) is 12.8 Å². The van der Waals surface area contributed by atoms with Gasteiger partial charge in [0.15, 0.2) is 0 Å². The molecule has 0 radical (unpaired) electrons. The molecule has 0 aromatic heterocycles. The van der Waals surface area contributed by atoms with E-state index >= 15 is 0 Å². The Bertz CT molecular complexity index is 444. The first kappa shape index (κ1) is 14.0. The molecule has 18 heavy (non-hydrogen) atoms. The summed E-state index contributed by atoms with van der Waals surface area (Å²) in [5, 5.41) is 22.5. The number of phenols is 2. The fourth-order valence-corrected chi connectivity index (χ4v) is 1.52. The maximum absolute atomic E-state index is 11.7. The molecule has 0 aliphatic heterocycles. The number of amides is 1. The second-order valence-electron chi connectivity index (χ2n) is 4.19. The lowest BCUT2D eigenvalue weighted by Gasteiger charge is -2.05. The van der Waals surface area contributed by atoms with Crippen LogP contribution in [0.25, 0.3) is 0 Å². The lowest BCUT2D eigenvalue weighted by molar-refractivity contribution is 0.0952. The summed E-state index contributed by atoms with van der Waals surface area (Å²) < 4.78 is 0. The molecule has 0 heterocycles. The summed E-state index contributed by atoms with van der Waals surface area (Å²) in [5.74, 6) is -0.542. The predicted molar refractivity (Wildman–Crippen MR) is 69.8 cm³/mol. The highest BCUT2D eigenvalue weighted by Crippen LogP contribution is 2.21. The zero-order valence-electron chi connectivity index (χ0n) is 10.6. The van der Waals surface area contributed by atoms with Gasteiger partial charge in [-0.1, -0.05) is 20.3 Å². The van der Waals surface area contributed by atoms with E-state index in [1.54, 1.807) is 6.21 Å². The van der Waals surface area contributed by atoms with Gasteiger partial charge in [0.2, 0.25) is 0 Å². The highest BCUT2D eigenvalue weighted by atomic mass is 16.3. The molecule has 5 nitrogen and oxygen atoms in total. The summed E-state index contributed by atoms with van der Waals surface area (Å²) in [5.41, 5.74) is 2.31. The molecule has 1 aromatic carbocycles. The average Bonchev–Trinajstić information content (AvgIpc) is 2.32. The Morgan fingerprint density at radius 1 is 1.50 bits per heavy atom. The minimum Gasteiger partial charge on any atom is -0.508 e. The summed E-state index contributed by atoms with van der Waals surface area (Å²) in [6.07, 6.45) is 3.70. The van der Waals surface area contributed by atoms with E-state index in [2.05, 4.69) is 17.5 Å². The molecule has 0 aliphatic rings. The van der Waals surface area contributed by atoms with Gasteiger partial charge in [-0.2, -0.15) is 5.10 Å². The van der Waals surface area contributed by atoms with Gasteiger partial charge in [-0.25, -0.2) is 5.43 Å². The number of nitrogens with one attached hydrogen (secondary N) is 1. The van der Waals surface area contributed by atoms with Gasteiger partial charge >= 0.3 is 0 Å². The number of phenolic OH excluding ortho intramolecular Hbond substituents is 2. The summed E-state index contributed by atoms with van der Waals surface area (Å²) in [7, 11) is 0. The van der Waals surface area contributed by atoms with Gasteiger partial charge in [-0.3, -0.25) is 4.79 Å². The first-order valence-electron chi connectivity index (χ1n) is 5.90. The summed E-state index contributed by atoms with van der Waals surface area (Å²) >= 11 is 0. The molecule has 1 amide bonds. The fraction of sp³-hybridized carbons (Fsp3) is 0.385. The topological polar surface area (TPSA) is 81.9 Å². The Morgan fingerprint density at radius 3 is 2.89 bits per heavy atom. The van der Waals surface area contributed by atoms with Crippen LogP contribution in [0.5, 0.6) is 11.5 Å². The molecular weight excluding hydrogens is 232 g/mol. The van der Waals surface area contributed by atoms with E-state index in [-0.39, 0.29) is 23.0 Å². The van der Waals surface area contributed by atoms with E-state index < -0.39 is 5.91 Å². The summed E-state index contributed by atoms with van der Waals surface area (Å²) in [6.45, 7) is 4.08. The van der Waals surface area contributed by atoms with Crippen molar-refractivity contribution in [2.45, 2.75) is 26.7 Å². The summed E-state index contributed by atoms with van der Waals surface area (Å²) in [4.78, 5) is 11.7. The van der Waals surface area contributed by atoms with Crippen LogP contribution in [0, 0.1) is 5.92 Å². The Morgan fingerprint density at radius 2 is 2.22 bits per heavy atom. The largest absolute Gasteiger partial charge is 0.508 e. The first-order chi connectivity index (χ1) is 8.54. The number of benzene rings is 1. The van der Waals surface area contributed by atoms with Crippen LogP contribution >= 0.6 is 0 Å². The second kappa shape index (κ2) is 6.64. The molecule has 1 aromatic rings. The highest BCUT2D eigenvalue weighted by Gasteiger charge is 2.11. The van der Waals surface area contributed by atoms with Gasteiger partial charge in [0.1, 0.15) is 11.5 Å². The molecule has 0 spiro atoms. The van der Waals surface area contributed by atoms with Crippen LogP contribution in [0.2, 0.25) is 0 Å². The third-order valence-corrected chi connectivity index (χ3v) is 2.46. The van der Waals surface area contributed by atoms with Gasteiger partial charge in [-0.15, -0.1) is 0 Å². The van der Waals surface area contributed by atoms with Crippen molar-refractivity contribution in [3.05, 3.63) is 23.8 Å². The van der Waals surface area contributed by atoms with Crippen LogP contribution in [0.4, 0.5) is 0 Å². The van der Waals surface area contributed by atoms with Crippen molar-refractivity contribution in [1.82, 2.24) is 5.43 Å². The van der Waals surface area contributed by atoms with Crippen molar-refractivity contribution in [1.29, 1.82) is 0 Å². The van der Waals surface area contributed by atoms with Crippen LogP contribution in [0.15, 0.2) is 23.3 Å². The number of aromatic hydroxyl groups is 2. The smallest absolute Gasteiger partial charge is 0.275 e. The lowest BCUT2D eigenvalue weighted by atomic mass is 10.1. The van der Waals surface area contributed by atoms with Crippen LogP contribution in [0.3, 0.4) is 0 Å². The van der Waals surface area contributed by atoms with Crippen molar-refractivity contribution < 1.29 is 15.0 Å². The van der Waals surface area contributed by atoms with Gasteiger partial charge in [-0.05, 0) is 30.5 Å². The van der Waals surface area contributed by atoms with Crippen LogP contribution < -0.4 is 5.43 Å². The first-order valence-corrected chi connectivity index (χ1v) is 5.90. The zero-order chi connectivity index (χ0) is 13.5. The van der Waals surface area contributed by atoms with E-state index in [4.69, 9.17) is 0 Å². The normalized spacial score (nSPS) is 12.6. The minimum absolute atomic E-state index is 0.00436. The van der Waals surface area contributed by atoms with Crippen molar-refractivity contribution in [3.63, 3.8) is 0 Å². The molecular formula is C13H18N2O3. The van der Waals surface area contributed by atoms with Crippen molar-refractivity contribution in [3.8, 4) is 11.5 Å². The standard InChI is InChI=1S/C13H18N2O3/c1-3-4-9(2)8-14-15-13(18)11-7-10(16)5-6-12(11)17/h5-9,16-17H,3-4H2,1-2H3,(H,15,18). The molecule has 5 heteroatoms. The van der Waals surface area contributed by atoms with Gasteiger partial charge in [0, 0.05) is 6.21 Å². The van der Waals surface area contributed by atoms with E-state index in [1.807, 2.05) is 6.92 Å². The van der Waals surface area contributed by atoms with E-state index in [9.17, 15) is 15.0 Å². The van der Waals surface area contributed by atoms with Crippen LogP contribution in [0.1, 0.15) is 37.0 Å². The third-order valence-electron chi connectivity index (χ3n) is 2.46. The predicted octanol–water partition coefficient (Wildman–Crippen LogP) is 2.25. The second-order valence-corrected chi connectivity index (χ2v) is 4.19. The number of carbonyl (C=O) groups is 1. The molecule has 3 N–H and O–H groups in total. The number of carbonyl (C=O) groups excluding carboxylic acids is 1. The molecule has 0 bridgehead atoms. The van der Waals surface area contributed by atoms with Crippen molar-refractivity contribution >= 4 is 12.1 Å². The Kier molecular flexibility index (Phi) is 5.17. The average molecular weight is 250 g/mol. The number of nitrogens with zero attached hydrogens (tertiary/aromatic N) is 1. The van der Waals surface area contributed by atoms with E-state index in [1.165, 1.54) is 18.2 Å².